The second-order valence-corrected chi connectivity index (χ2v) is 11.2. The van der Waals surface area contributed by atoms with Gasteiger partial charge in [0.25, 0.3) is 0 Å². The molecule has 4 aliphatic carbocycles. The van der Waals surface area contributed by atoms with Crippen LogP contribution in [-0.2, 0) is 19.1 Å². The Morgan fingerprint density at radius 2 is 1.21 bits per heavy atom. The van der Waals surface area contributed by atoms with E-state index in [0.29, 0.717) is 6.42 Å². The van der Waals surface area contributed by atoms with E-state index in [-0.39, 0.29) is 11.4 Å². The van der Waals surface area contributed by atoms with Crippen molar-refractivity contribution in [3.05, 3.63) is 0 Å². The van der Waals surface area contributed by atoms with Crippen LogP contribution in [-0.4, -0.2) is 23.1 Å². The van der Waals surface area contributed by atoms with Crippen molar-refractivity contribution in [3.63, 3.8) is 0 Å². The number of carbonyl (C=O) groups is 2. The molecule has 4 rings (SSSR count). The first-order valence-corrected chi connectivity index (χ1v) is 11.8. The summed E-state index contributed by atoms with van der Waals surface area (Å²) in [7, 11) is 0. The number of rotatable bonds is 6. The SMILES string of the molecule is CC.CCC(C)(C)C(=O)OC(C)(C)C(=O)OC(C)(C)C12CC3CC(CC(C3)C1)C2. The highest BCUT2D eigenvalue weighted by atomic mass is 16.6. The average Bonchev–Trinajstić information content (AvgIpc) is 2.61. The van der Waals surface area contributed by atoms with Crippen molar-refractivity contribution in [3.8, 4) is 0 Å². The molecule has 0 atom stereocenters. The quantitative estimate of drug-likeness (QED) is 0.483. The lowest BCUT2D eigenvalue weighted by Gasteiger charge is -2.61. The Bertz CT molecular complexity index is 579. The third-order valence-corrected chi connectivity index (χ3v) is 7.94. The van der Waals surface area contributed by atoms with Crippen molar-refractivity contribution < 1.29 is 19.1 Å². The number of hydrogen-bond donors (Lipinski definition) is 0. The summed E-state index contributed by atoms with van der Waals surface area (Å²) >= 11 is 0. The summed E-state index contributed by atoms with van der Waals surface area (Å²) in [5.41, 5.74) is -2.33. The molecule has 29 heavy (non-hydrogen) atoms. The molecular weight excluding hydrogens is 364 g/mol. The molecule has 0 N–H and O–H groups in total. The lowest BCUT2D eigenvalue weighted by atomic mass is 9.46. The second-order valence-electron chi connectivity index (χ2n) is 11.2. The van der Waals surface area contributed by atoms with Crippen LogP contribution in [0.4, 0.5) is 0 Å². The van der Waals surface area contributed by atoms with E-state index in [9.17, 15) is 9.59 Å². The van der Waals surface area contributed by atoms with Crippen LogP contribution in [0.2, 0.25) is 0 Å². The van der Waals surface area contributed by atoms with Crippen molar-refractivity contribution in [2.24, 2.45) is 28.6 Å². The second kappa shape index (κ2) is 8.23. The molecule has 0 unspecified atom stereocenters. The normalized spacial score (nSPS) is 31.0. The molecule has 4 heteroatoms. The van der Waals surface area contributed by atoms with Gasteiger partial charge in [-0.2, -0.15) is 0 Å². The lowest BCUT2D eigenvalue weighted by molar-refractivity contribution is -0.217. The zero-order valence-electron chi connectivity index (χ0n) is 20.3. The molecule has 168 valence electrons. The predicted molar refractivity (Wildman–Crippen MR) is 116 cm³/mol. The Kier molecular flexibility index (Phi) is 6.87. The number of carbonyl (C=O) groups excluding carboxylic acids is 2. The van der Waals surface area contributed by atoms with Crippen molar-refractivity contribution >= 4 is 11.9 Å². The Morgan fingerprint density at radius 1 is 0.793 bits per heavy atom. The van der Waals surface area contributed by atoms with Gasteiger partial charge in [-0.25, -0.2) is 4.79 Å². The molecule has 0 aliphatic heterocycles. The van der Waals surface area contributed by atoms with E-state index in [1.165, 1.54) is 38.5 Å². The van der Waals surface area contributed by atoms with Crippen LogP contribution < -0.4 is 0 Å². The summed E-state index contributed by atoms with van der Waals surface area (Å²) in [5, 5.41) is 0. The van der Waals surface area contributed by atoms with Crippen LogP contribution in [0.15, 0.2) is 0 Å². The highest BCUT2D eigenvalue weighted by Crippen LogP contribution is 2.64. The highest BCUT2D eigenvalue weighted by Gasteiger charge is 2.59. The fourth-order valence-corrected chi connectivity index (χ4v) is 5.87. The molecule has 4 bridgehead atoms. The minimum atomic E-state index is -1.27. The Hall–Kier alpha value is -1.06. The predicted octanol–water partition coefficient (Wildman–Crippen LogP) is 6.31. The van der Waals surface area contributed by atoms with E-state index in [1.807, 2.05) is 34.6 Å². The van der Waals surface area contributed by atoms with Gasteiger partial charge in [0, 0.05) is 5.41 Å². The van der Waals surface area contributed by atoms with Gasteiger partial charge in [-0.3, -0.25) is 4.79 Å². The maximum atomic E-state index is 13.0. The number of ether oxygens (including phenoxy) is 2. The molecule has 0 heterocycles. The molecule has 4 nitrogen and oxygen atoms in total. The molecule has 4 saturated carbocycles. The topological polar surface area (TPSA) is 52.6 Å². The van der Waals surface area contributed by atoms with Gasteiger partial charge in [0.1, 0.15) is 5.60 Å². The third-order valence-electron chi connectivity index (χ3n) is 7.94. The lowest BCUT2D eigenvalue weighted by Crippen LogP contribution is -2.58. The van der Waals surface area contributed by atoms with Crippen LogP contribution in [0, 0.1) is 28.6 Å². The zero-order chi connectivity index (χ0) is 22.3. The van der Waals surface area contributed by atoms with Gasteiger partial charge in [0.2, 0.25) is 5.60 Å². The van der Waals surface area contributed by atoms with Crippen molar-refractivity contribution in [1.29, 1.82) is 0 Å². The fraction of sp³-hybridized carbons (Fsp3) is 0.920. The minimum absolute atomic E-state index is 0.0835. The van der Waals surface area contributed by atoms with E-state index in [2.05, 4.69) is 13.8 Å². The van der Waals surface area contributed by atoms with E-state index in [0.717, 1.165) is 17.8 Å². The van der Waals surface area contributed by atoms with Crippen LogP contribution in [0.5, 0.6) is 0 Å². The first kappa shape index (κ1) is 24.2. The van der Waals surface area contributed by atoms with E-state index in [4.69, 9.17) is 9.47 Å². The summed E-state index contributed by atoms with van der Waals surface area (Å²) in [6.45, 7) is 17.1. The van der Waals surface area contributed by atoms with Gasteiger partial charge in [0.15, 0.2) is 0 Å². The van der Waals surface area contributed by atoms with E-state index < -0.39 is 22.6 Å². The van der Waals surface area contributed by atoms with Crippen LogP contribution in [0.3, 0.4) is 0 Å². The molecule has 0 amide bonds. The summed E-state index contributed by atoms with van der Waals surface area (Å²) in [4.78, 5) is 25.5. The van der Waals surface area contributed by atoms with Gasteiger partial charge in [-0.15, -0.1) is 0 Å². The Labute approximate surface area is 178 Å². The smallest absolute Gasteiger partial charge is 0.350 e. The van der Waals surface area contributed by atoms with Gasteiger partial charge in [-0.1, -0.05) is 20.8 Å². The Morgan fingerprint density at radius 3 is 1.59 bits per heavy atom. The molecule has 4 fully saturated rings. The van der Waals surface area contributed by atoms with Crippen molar-refractivity contribution in [2.75, 3.05) is 0 Å². The molecule has 0 aromatic heterocycles. The highest BCUT2D eigenvalue weighted by molar-refractivity contribution is 5.84. The minimum Gasteiger partial charge on any atom is -0.456 e. The molecule has 0 aromatic rings. The molecule has 4 aliphatic rings. The molecular formula is C25H44O4. The monoisotopic (exact) mass is 408 g/mol. The summed E-state index contributed by atoms with van der Waals surface area (Å²) in [5.74, 6) is 1.62. The first-order chi connectivity index (χ1) is 13.3. The van der Waals surface area contributed by atoms with Crippen LogP contribution in [0.25, 0.3) is 0 Å². The largest absolute Gasteiger partial charge is 0.456 e. The van der Waals surface area contributed by atoms with Gasteiger partial charge < -0.3 is 9.47 Å². The summed E-state index contributed by atoms with van der Waals surface area (Å²) < 4.78 is 11.7. The molecule has 0 spiro atoms. The van der Waals surface area contributed by atoms with Gasteiger partial charge in [-0.05, 0) is 104 Å². The van der Waals surface area contributed by atoms with Crippen molar-refractivity contribution in [1.82, 2.24) is 0 Å². The summed E-state index contributed by atoms with van der Waals surface area (Å²) in [6, 6.07) is 0. The van der Waals surface area contributed by atoms with Gasteiger partial charge in [0.05, 0.1) is 5.41 Å². The maximum absolute atomic E-state index is 13.0. The standard InChI is InChI=1S/C23H38O4.C2H6/c1-8-20(2,3)18(24)26-21(4,5)19(25)27-22(6,7)23-12-15-9-16(13-23)11-17(10-15)14-23;1-2/h15-17H,8-14H2,1-7H3;1-2H3. The zero-order valence-corrected chi connectivity index (χ0v) is 20.3. The number of esters is 2. The fourth-order valence-electron chi connectivity index (χ4n) is 5.87. The maximum Gasteiger partial charge on any atom is 0.350 e. The van der Waals surface area contributed by atoms with Crippen LogP contribution >= 0.6 is 0 Å². The van der Waals surface area contributed by atoms with E-state index in [1.54, 1.807) is 13.8 Å². The van der Waals surface area contributed by atoms with Crippen molar-refractivity contribution in [2.45, 2.75) is 118 Å². The summed E-state index contributed by atoms with van der Waals surface area (Å²) in [6.07, 6.45) is 8.25. The molecule has 0 aromatic carbocycles. The van der Waals surface area contributed by atoms with Crippen LogP contribution in [0.1, 0.15) is 107 Å². The van der Waals surface area contributed by atoms with E-state index >= 15 is 0 Å². The Balaban J connectivity index is 0.00000145. The van der Waals surface area contributed by atoms with Gasteiger partial charge >= 0.3 is 11.9 Å². The molecule has 0 radical (unpaired) electrons. The molecule has 0 saturated heterocycles. The average molecular weight is 409 g/mol. The third kappa shape index (κ3) is 4.66. The number of hydrogen-bond acceptors (Lipinski definition) is 4. The first-order valence-electron chi connectivity index (χ1n) is 11.8.